The van der Waals surface area contributed by atoms with Gasteiger partial charge in [-0.3, -0.25) is 4.79 Å². The second-order valence-corrected chi connectivity index (χ2v) is 5.53. The van der Waals surface area contributed by atoms with Gasteiger partial charge in [0.2, 0.25) is 5.91 Å². The number of carbonyl (C=O) groups excluding carboxylic acids is 1. The summed E-state index contributed by atoms with van der Waals surface area (Å²) in [4.78, 5) is 13.1. The second-order valence-electron chi connectivity index (χ2n) is 4.06. The van der Waals surface area contributed by atoms with E-state index in [0.29, 0.717) is 5.02 Å². The quantitative estimate of drug-likeness (QED) is 0.880. The zero-order valence-corrected chi connectivity index (χ0v) is 10.5. The predicted molar refractivity (Wildman–Crippen MR) is 70.8 cm³/mol. The summed E-state index contributed by atoms with van der Waals surface area (Å²) in [7, 11) is 0. The van der Waals surface area contributed by atoms with Crippen LogP contribution in [-0.2, 0) is 11.2 Å². The number of amides is 1. The highest BCUT2D eigenvalue weighted by molar-refractivity contribution is 7.09. The molecule has 2 heterocycles. The minimum absolute atomic E-state index is 0.0654. The van der Waals surface area contributed by atoms with Crippen LogP contribution >= 0.6 is 22.9 Å². The summed E-state index contributed by atoms with van der Waals surface area (Å²) in [6, 6.07) is 9.61. The topological polar surface area (TPSA) is 29.1 Å². The van der Waals surface area contributed by atoms with Crippen molar-refractivity contribution in [1.29, 1.82) is 0 Å². The first-order chi connectivity index (χ1) is 8.24. The summed E-state index contributed by atoms with van der Waals surface area (Å²) in [5, 5.41) is 5.60. The maximum atomic E-state index is 11.9. The first-order valence-corrected chi connectivity index (χ1v) is 6.62. The van der Waals surface area contributed by atoms with Gasteiger partial charge in [0, 0.05) is 15.6 Å². The van der Waals surface area contributed by atoms with Gasteiger partial charge in [0.05, 0.1) is 5.92 Å². The number of anilines is 1. The van der Waals surface area contributed by atoms with Crippen LogP contribution in [0.3, 0.4) is 0 Å². The molecular weight excluding hydrogens is 254 g/mol. The molecule has 0 aliphatic carbocycles. The van der Waals surface area contributed by atoms with Crippen LogP contribution < -0.4 is 5.32 Å². The van der Waals surface area contributed by atoms with Gasteiger partial charge in [0.1, 0.15) is 0 Å². The van der Waals surface area contributed by atoms with Gasteiger partial charge in [-0.1, -0.05) is 17.7 Å². The Morgan fingerprint density at radius 2 is 2.24 bits per heavy atom. The minimum atomic E-state index is -0.109. The summed E-state index contributed by atoms with van der Waals surface area (Å²) >= 11 is 7.66. The van der Waals surface area contributed by atoms with Crippen LogP contribution in [0, 0.1) is 0 Å². The number of fused-ring (bicyclic) bond motifs is 1. The molecule has 0 saturated heterocycles. The fraction of sp³-hybridized carbons (Fsp3) is 0.154. The summed E-state index contributed by atoms with van der Waals surface area (Å²) in [6.07, 6.45) is 0.747. The molecular formula is C13H10ClNOS. The van der Waals surface area contributed by atoms with Crippen molar-refractivity contribution in [2.45, 2.75) is 12.3 Å². The van der Waals surface area contributed by atoms with Crippen LogP contribution in [0.4, 0.5) is 5.69 Å². The Balaban J connectivity index is 1.96. The number of hydrogen-bond acceptors (Lipinski definition) is 2. The fourth-order valence-electron chi connectivity index (χ4n) is 2.13. The molecule has 1 amide bonds. The van der Waals surface area contributed by atoms with Crippen LogP contribution in [0.1, 0.15) is 16.4 Å². The molecule has 1 aromatic heterocycles. The van der Waals surface area contributed by atoms with Gasteiger partial charge in [0.15, 0.2) is 0 Å². The van der Waals surface area contributed by atoms with Gasteiger partial charge < -0.3 is 5.32 Å². The lowest BCUT2D eigenvalue weighted by Crippen LogP contribution is -2.13. The molecule has 1 aliphatic heterocycles. The van der Waals surface area contributed by atoms with E-state index in [1.807, 2.05) is 23.6 Å². The summed E-state index contributed by atoms with van der Waals surface area (Å²) < 4.78 is 0. The molecule has 1 aliphatic rings. The van der Waals surface area contributed by atoms with Crippen molar-refractivity contribution in [3.05, 3.63) is 51.2 Å². The van der Waals surface area contributed by atoms with E-state index in [0.717, 1.165) is 17.7 Å². The predicted octanol–water partition coefficient (Wildman–Crippen LogP) is 3.68. The second kappa shape index (κ2) is 4.17. The maximum absolute atomic E-state index is 11.9. The number of hydrogen-bond donors (Lipinski definition) is 1. The molecule has 2 nitrogen and oxygen atoms in total. The third-order valence-corrected chi connectivity index (χ3v) is 4.08. The third kappa shape index (κ3) is 1.96. The first-order valence-electron chi connectivity index (χ1n) is 5.37. The molecule has 3 rings (SSSR count). The van der Waals surface area contributed by atoms with E-state index in [9.17, 15) is 4.79 Å². The summed E-state index contributed by atoms with van der Waals surface area (Å²) in [6.45, 7) is 0. The van der Waals surface area contributed by atoms with E-state index in [4.69, 9.17) is 11.6 Å². The Hall–Kier alpha value is -1.32. The zero-order chi connectivity index (χ0) is 11.8. The van der Waals surface area contributed by atoms with Crippen molar-refractivity contribution in [1.82, 2.24) is 0 Å². The van der Waals surface area contributed by atoms with Crippen molar-refractivity contribution < 1.29 is 4.79 Å². The van der Waals surface area contributed by atoms with Crippen molar-refractivity contribution in [3.63, 3.8) is 0 Å². The van der Waals surface area contributed by atoms with Crippen molar-refractivity contribution in [2.75, 3.05) is 5.32 Å². The average Bonchev–Trinajstić information content (AvgIpc) is 2.90. The largest absolute Gasteiger partial charge is 0.325 e. The van der Waals surface area contributed by atoms with Crippen LogP contribution in [0.5, 0.6) is 0 Å². The molecule has 0 saturated carbocycles. The van der Waals surface area contributed by atoms with Crippen LogP contribution in [-0.4, -0.2) is 5.91 Å². The van der Waals surface area contributed by atoms with E-state index in [1.54, 1.807) is 17.4 Å². The Kier molecular flexibility index (Phi) is 2.65. The molecule has 0 bridgehead atoms. The number of halogens is 1. The van der Waals surface area contributed by atoms with Crippen LogP contribution in [0.15, 0.2) is 35.7 Å². The number of nitrogens with one attached hydrogen (secondary N) is 1. The third-order valence-electron chi connectivity index (χ3n) is 2.95. The van der Waals surface area contributed by atoms with E-state index in [-0.39, 0.29) is 11.8 Å². The van der Waals surface area contributed by atoms with Crippen molar-refractivity contribution in [2.24, 2.45) is 0 Å². The monoisotopic (exact) mass is 263 g/mol. The highest BCUT2D eigenvalue weighted by Crippen LogP contribution is 2.36. The molecule has 0 fully saturated rings. The standard InChI is InChI=1S/C13H10ClNOS/c14-8-3-4-12-10(6-8)11(13(16)15-12)7-9-2-1-5-17-9/h1-6,11H,7H2,(H,15,16)/t11-/m1/s1. The smallest absolute Gasteiger partial charge is 0.232 e. The lowest BCUT2D eigenvalue weighted by Gasteiger charge is -2.07. The van der Waals surface area contributed by atoms with Gasteiger partial charge in [-0.25, -0.2) is 0 Å². The van der Waals surface area contributed by atoms with E-state index in [1.165, 1.54) is 4.88 Å². The highest BCUT2D eigenvalue weighted by atomic mass is 35.5. The van der Waals surface area contributed by atoms with Crippen LogP contribution in [0.25, 0.3) is 0 Å². The normalized spacial score (nSPS) is 17.9. The molecule has 0 spiro atoms. The SMILES string of the molecule is O=C1Nc2ccc(Cl)cc2[C@H]1Cc1cccs1. The number of benzene rings is 1. The molecule has 0 unspecified atom stereocenters. The summed E-state index contributed by atoms with van der Waals surface area (Å²) in [5.74, 6) is -0.0435. The van der Waals surface area contributed by atoms with Gasteiger partial charge in [-0.2, -0.15) is 0 Å². The van der Waals surface area contributed by atoms with E-state index >= 15 is 0 Å². The Labute approximate surface area is 108 Å². The maximum Gasteiger partial charge on any atom is 0.232 e. The highest BCUT2D eigenvalue weighted by Gasteiger charge is 2.30. The lowest BCUT2D eigenvalue weighted by molar-refractivity contribution is -0.117. The van der Waals surface area contributed by atoms with Gasteiger partial charge in [-0.05, 0) is 41.6 Å². The zero-order valence-electron chi connectivity index (χ0n) is 8.94. The average molecular weight is 264 g/mol. The molecule has 0 radical (unpaired) electrons. The number of carbonyl (C=O) groups is 1. The van der Waals surface area contributed by atoms with Gasteiger partial charge >= 0.3 is 0 Å². The minimum Gasteiger partial charge on any atom is -0.325 e. The molecule has 2 aromatic rings. The lowest BCUT2D eigenvalue weighted by atomic mass is 9.96. The Bertz CT molecular complexity index is 565. The first kappa shape index (κ1) is 10.8. The molecule has 86 valence electrons. The van der Waals surface area contributed by atoms with Crippen molar-refractivity contribution >= 4 is 34.5 Å². The fourth-order valence-corrected chi connectivity index (χ4v) is 3.06. The van der Waals surface area contributed by atoms with E-state index in [2.05, 4.69) is 11.4 Å². The van der Waals surface area contributed by atoms with Gasteiger partial charge in [-0.15, -0.1) is 11.3 Å². The molecule has 1 N–H and O–H groups in total. The molecule has 1 atom stereocenters. The number of thiophene rings is 1. The molecule has 4 heteroatoms. The molecule has 17 heavy (non-hydrogen) atoms. The van der Waals surface area contributed by atoms with Gasteiger partial charge in [0.25, 0.3) is 0 Å². The number of rotatable bonds is 2. The van der Waals surface area contributed by atoms with E-state index < -0.39 is 0 Å². The van der Waals surface area contributed by atoms with Crippen LogP contribution in [0.2, 0.25) is 5.02 Å². The Morgan fingerprint density at radius 3 is 3.00 bits per heavy atom. The summed E-state index contributed by atoms with van der Waals surface area (Å²) in [5.41, 5.74) is 1.90. The Morgan fingerprint density at radius 1 is 1.35 bits per heavy atom. The molecule has 1 aromatic carbocycles. The van der Waals surface area contributed by atoms with Crippen molar-refractivity contribution in [3.8, 4) is 0 Å².